The predicted octanol–water partition coefficient (Wildman–Crippen LogP) is 1.93. The van der Waals surface area contributed by atoms with E-state index in [4.69, 9.17) is 14.6 Å². The molecular formula is C19H16FNO7S. The summed E-state index contributed by atoms with van der Waals surface area (Å²) in [6.45, 7) is 0. The van der Waals surface area contributed by atoms with Crippen LogP contribution < -0.4 is 5.73 Å². The Morgan fingerprint density at radius 2 is 2.00 bits per heavy atom. The van der Waals surface area contributed by atoms with E-state index in [1.54, 1.807) is 6.07 Å². The van der Waals surface area contributed by atoms with Gasteiger partial charge < -0.3 is 19.4 Å². The number of halogens is 1. The quantitative estimate of drug-likeness (QED) is 0.551. The maximum Gasteiger partial charge on any atom is 0.340 e. The fraction of sp³-hybridized carbons (Fsp3) is 0.158. The van der Waals surface area contributed by atoms with Crippen LogP contribution in [-0.2, 0) is 34.3 Å². The Bertz CT molecular complexity index is 1230. The summed E-state index contributed by atoms with van der Waals surface area (Å²) < 4.78 is 77.7. The van der Waals surface area contributed by atoms with E-state index >= 15 is 0 Å². The number of esters is 1. The molecule has 0 aliphatic carbocycles. The maximum absolute atomic E-state index is 14.3. The second-order valence-corrected chi connectivity index (χ2v) is 6.92. The molecule has 1 heterocycles. The van der Waals surface area contributed by atoms with Crippen LogP contribution in [0.5, 0.6) is 0 Å². The number of benzene rings is 2. The van der Waals surface area contributed by atoms with E-state index < -0.39 is 62.2 Å². The third-order valence-electron chi connectivity index (χ3n) is 3.69. The summed E-state index contributed by atoms with van der Waals surface area (Å²) in [5, 5.41) is 0. The number of ketones is 1. The minimum Gasteiger partial charge on any atom is -0.465 e. The maximum atomic E-state index is 14.3. The van der Waals surface area contributed by atoms with Crippen LogP contribution >= 0.6 is 0 Å². The van der Waals surface area contributed by atoms with E-state index in [9.17, 15) is 22.4 Å². The van der Waals surface area contributed by atoms with Crippen molar-refractivity contribution in [2.24, 2.45) is 5.73 Å². The van der Waals surface area contributed by atoms with Crippen LogP contribution in [0.3, 0.4) is 0 Å². The van der Waals surface area contributed by atoms with Gasteiger partial charge in [-0.15, -0.1) is 0 Å². The number of nitrogens with two attached hydrogens (primary N) is 1. The number of ether oxygens (including phenoxy) is 2. The molecule has 1 unspecified atom stereocenters. The lowest BCUT2D eigenvalue weighted by molar-refractivity contribution is -0.123. The van der Waals surface area contributed by atoms with Crippen LogP contribution in [0.15, 0.2) is 60.2 Å². The van der Waals surface area contributed by atoms with Gasteiger partial charge in [0.05, 0.1) is 16.8 Å². The Morgan fingerprint density at radius 1 is 1.31 bits per heavy atom. The zero-order valence-corrected chi connectivity index (χ0v) is 15.7. The van der Waals surface area contributed by atoms with Crippen molar-refractivity contribution in [3.8, 4) is 0 Å². The largest absolute Gasteiger partial charge is 0.465 e. The molecule has 2 aromatic carbocycles. The predicted molar refractivity (Wildman–Crippen MR) is 97.9 cm³/mol. The fourth-order valence-corrected chi connectivity index (χ4v) is 3.24. The fourth-order valence-electron chi connectivity index (χ4n) is 2.40. The molecule has 29 heavy (non-hydrogen) atoms. The van der Waals surface area contributed by atoms with E-state index in [-0.39, 0.29) is 5.56 Å². The van der Waals surface area contributed by atoms with Gasteiger partial charge in [0, 0.05) is 5.56 Å². The second-order valence-electron chi connectivity index (χ2n) is 5.65. The standard InChI is InChI=1S/C19H16FNO7S/c1-26-19(23)13-8-7-12(9-14(13)20)16-15(22)17(18(21)27-16)28-29(24,25)10-11-5-3-2-4-6-11/h2-9,16H,10,21H2,1H3/i10D2,16D. The first kappa shape index (κ1) is 16.5. The zero-order chi connectivity index (χ0) is 23.9. The minimum atomic E-state index is -5.15. The molecule has 0 radical (unpaired) electrons. The summed E-state index contributed by atoms with van der Waals surface area (Å²) in [6.07, 6.45) is -2.73. The molecule has 1 atom stereocenters. The molecule has 10 heteroatoms. The third-order valence-corrected chi connectivity index (χ3v) is 4.57. The summed E-state index contributed by atoms with van der Waals surface area (Å²) in [4.78, 5) is 24.3. The van der Waals surface area contributed by atoms with Crippen molar-refractivity contribution in [3.63, 3.8) is 0 Å². The zero-order valence-electron chi connectivity index (χ0n) is 17.8. The molecule has 1 aliphatic heterocycles. The van der Waals surface area contributed by atoms with Crippen LogP contribution in [0.2, 0.25) is 0 Å². The lowest BCUT2D eigenvalue weighted by Crippen LogP contribution is -2.16. The monoisotopic (exact) mass is 424 g/mol. The highest BCUT2D eigenvalue weighted by Crippen LogP contribution is 2.33. The van der Waals surface area contributed by atoms with Gasteiger partial charge in [0.1, 0.15) is 11.5 Å². The molecule has 0 spiro atoms. The van der Waals surface area contributed by atoms with Gasteiger partial charge in [-0.05, 0) is 17.7 Å². The van der Waals surface area contributed by atoms with Gasteiger partial charge in [-0.25, -0.2) is 9.18 Å². The van der Waals surface area contributed by atoms with Gasteiger partial charge in [0.2, 0.25) is 17.4 Å². The van der Waals surface area contributed by atoms with Crippen molar-refractivity contribution in [1.82, 2.24) is 0 Å². The molecule has 0 saturated heterocycles. The highest BCUT2D eigenvalue weighted by atomic mass is 32.2. The van der Waals surface area contributed by atoms with Gasteiger partial charge in [0.15, 0.2) is 6.08 Å². The topological polar surface area (TPSA) is 122 Å². The van der Waals surface area contributed by atoms with Gasteiger partial charge in [-0.2, -0.15) is 8.42 Å². The molecule has 0 bridgehead atoms. The number of carbonyl (C=O) groups excluding carboxylic acids is 2. The molecule has 1 aliphatic rings. The smallest absolute Gasteiger partial charge is 0.340 e. The molecule has 0 fully saturated rings. The molecule has 8 nitrogen and oxygen atoms in total. The molecule has 3 rings (SSSR count). The van der Waals surface area contributed by atoms with Crippen molar-refractivity contribution in [1.29, 1.82) is 0 Å². The Hall–Kier alpha value is -3.40. The van der Waals surface area contributed by atoms with E-state index in [1.165, 1.54) is 24.3 Å². The minimum absolute atomic E-state index is 0.275. The molecule has 152 valence electrons. The normalized spacial score (nSPS) is 21.0. The average Bonchev–Trinajstić information content (AvgIpc) is 2.97. The first-order valence-corrected chi connectivity index (χ1v) is 9.37. The summed E-state index contributed by atoms with van der Waals surface area (Å²) in [7, 11) is -4.11. The first-order valence-electron chi connectivity index (χ1n) is 9.46. The van der Waals surface area contributed by atoms with Crippen molar-refractivity contribution < 1.29 is 40.2 Å². The van der Waals surface area contributed by atoms with Crippen LogP contribution in [0.1, 0.15) is 31.7 Å². The van der Waals surface area contributed by atoms with Crippen molar-refractivity contribution in [3.05, 3.63) is 82.7 Å². The van der Waals surface area contributed by atoms with Crippen molar-refractivity contribution in [2.75, 3.05) is 7.11 Å². The number of hydrogen-bond donors (Lipinski definition) is 1. The lowest BCUT2D eigenvalue weighted by Gasteiger charge is -2.11. The van der Waals surface area contributed by atoms with Gasteiger partial charge in [0.25, 0.3) is 0 Å². The number of hydrogen-bond acceptors (Lipinski definition) is 8. The number of carbonyl (C=O) groups is 2. The summed E-state index contributed by atoms with van der Waals surface area (Å²) in [5.74, 6) is -5.57. The molecule has 0 saturated carbocycles. The van der Waals surface area contributed by atoms with Crippen LogP contribution in [0, 0.1) is 5.82 Å². The number of methoxy groups -OCH3 is 1. The van der Waals surface area contributed by atoms with E-state index in [0.29, 0.717) is 6.07 Å². The highest BCUT2D eigenvalue weighted by Gasteiger charge is 2.40. The lowest BCUT2D eigenvalue weighted by atomic mass is 10.0. The second kappa shape index (κ2) is 7.92. The van der Waals surface area contributed by atoms with Crippen molar-refractivity contribution >= 4 is 21.9 Å². The molecule has 0 amide bonds. The van der Waals surface area contributed by atoms with Crippen LogP contribution in [0.4, 0.5) is 4.39 Å². The Labute approximate surface area is 170 Å². The first-order chi connectivity index (χ1) is 14.8. The Morgan fingerprint density at radius 3 is 2.62 bits per heavy atom. The van der Waals surface area contributed by atoms with E-state index in [2.05, 4.69) is 8.92 Å². The molecule has 2 aromatic rings. The third kappa shape index (κ3) is 4.37. The highest BCUT2D eigenvalue weighted by molar-refractivity contribution is 7.86. The van der Waals surface area contributed by atoms with E-state index in [1.807, 2.05) is 0 Å². The summed E-state index contributed by atoms with van der Waals surface area (Å²) >= 11 is 0. The van der Waals surface area contributed by atoms with Crippen LogP contribution in [-0.4, -0.2) is 27.3 Å². The number of rotatable bonds is 6. The molecule has 2 N–H and O–H groups in total. The summed E-state index contributed by atoms with van der Waals surface area (Å²) in [6, 6.07) is 9.38. The Kier molecular flexibility index (Phi) is 4.52. The van der Waals surface area contributed by atoms with E-state index in [0.717, 1.165) is 19.2 Å². The number of Topliss-reactive ketones (excluding diaryl/α,β-unsaturated/α-hetero) is 1. The Balaban J connectivity index is 1.93. The van der Waals surface area contributed by atoms with Gasteiger partial charge in [-0.1, -0.05) is 36.4 Å². The molecule has 0 aromatic heterocycles. The summed E-state index contributed by atoms with van der Waals surface area (Å²) in [5.41, 5.74) is 1.30. The van der Waals surface area contributed by atoms with Crippen molar-refractivity contribution in [2.45, 2.75) is 11.8 Å². The SMILES string of the molecule is [2H]C1(c2ccc(C(=O)OC)c(F)c2)OC(N)=C(OS(=O)(=O)C([2H])([2H])c2ccccc2)C1=O. The van der Waals surface area contributed by atoms with Gasteiger partial charge >= 0.3 is 16.1 Å². The molecular weight excluding hydrogens is 405 g/mol. The van der Waals surface area contributed by atoms with Gasteiger partial charge in [-0.3, -0.25) is 4.79 Å². The van der Waals surface area contributed by atoms with Crippen LogP contribution in [0.25, 0.3) is 0 Å². The average molecular weight is 424 g/mol.